The molecule has 1 saturated heterocycles. The van der Waals surface area contributed by atoms with E-state index in [9.17, 15) is 9.59 Å². The van der Waals surface area contributed by atoms with Crippen molar-refractivity contribution in [3.05, 3.63) is 16.7 Å². The van der Waals surface area contributed by atoms with Crippen LogP contribution in [0.1, 0.15) is 23.7 Å². The number of methoxy groups -OCH3 is 2. The van der Waals surface area contributed by atoms with E-state index < -0.39 is 0 Å². The van der Waals surface area contributed by atoms with Crippen molar-refractivity contribution < 1.29 is 23.8 Å². The van der Waals surface area contributed by atoms with Crippen LogP contribution in [-0.4, -0.2) is 74.4 Å². The van der Waals surface area contributed by atoms with E-state index in [2.05, 4.69) is 10.3 Å². The van der Waals surface area contributed by atoms with Gasteiger partial charge >= 0.3 is 5.97 Å². The van der Waals surface area contributed by atoms with Crippen LogP contribution in [0, 0.1) is 0 Å². The van der Waals surface area contributed by atoms with Crippen LogP contribution in [0.2, 0.25) is 5.02 Å². The maximum atomic E-state index is 12.7. The van der Waals surface area contributed by atoms with Crippen LogP contribution < -0.4 is 15.8 Å². The van der Waals surface area contributed by atoms with Gasteiger partial charge in [-0.25, -0.2) is 0 Å². The van der Waals surface area contributed by atoms with Crippen molar-refractivity contribution in [2.24, 2.45) is 0 Å². The standard InChI is InChI=1S/C17H25ClN4O5/c1-4-27-14(23)9-22-6-5-12(13(8-22)25-2)20-16(24)10-7-11(18)15(19)21-17(10)26-3/h7,12-13H,4-6,8-9H2,1-3H3,(H2,19,21)(H,20,24)/t12-,13+/m0/s1. The lowest BCUT2D eigenvalue weighted by Crippen LogP contribution is -2.55. The van der Waals surface area contributed by atoms with Gasteiger partial charge in [-0.1, -0.05) is 11.6 Å². The van der Waals surface area contributed by atoms with Crippen molar-refractivity contribution in [3.8, 4) is 5.88 Å². The summed E-state index contributed by atoms with van der Waals surface area (Å²) in [4.78, 5) is 30.3. The fourth-order valence-electron chi connectivity index (χ4n) is 2.97. The first kappa shape index (κ1) is 21.2. The third-order valence-electron chi connectivity index (χ3n) is 4.33. The van der Waals surface area contributed by atoms with Crippen LogP contribution in [0.15, 0.2) is 6.07 Å². The lowest BCUT2D eigenvalue weighted by Gasteiger charge is -2.37. The molecule has 1 aliphatic rings. The molecule has 150 valence electrons. The Hall–Kier alpha value is -2.10. The molecule has 0 saturated carbocycles. The minimum Gasteiger partial charge on any atom is -0.480 e. The Kier molecular flexibility index (Phi) is 7.64. The van der Waals surface area contributed by atoms with Gasteiger partial charge in [0.25, 0.3) is 5.91 Å². The molecule has 0 aromatic carbocycles. The molecule has 27 heavy (non-hydrogen) atoms. The SMILES string of the molecule is CCOC(=O)CN1CC[C@H](NC(=O)c2cc(Cl)c(N)nc2OC)[C@H](OC)C1. The zero-order valence-electron chi connectivity index (χ0n) is 15.7. The number of nitrogens with one attached hydrogen (secondary N) is 1. The molecule has 1 amide bonds. The third kappa shape index (κ3) is 5.44. The topological polar surface area (TPSA) is 116 Å². The number of ether oxygens (including phenoxy) is 3. The minimum atomic E-state index is -0.382. The van der Waals surface area contributed by atoms with Crippen LogP contribution in [0.5, 0.6) is 5.88 Å². The lowest BCUT2D eigenvalue weighted by atomic mass is 10.0. The first-order valence-electron chi connectivity index (χ1n) is 8.61. The highest BCUT2D eigenvalue weighted by molar-refractivity contribution is 6.33. The number of carbonyl (C=O) groups is 2. The number of pyridine rings is 1. The average molecular weight is 401 g/mol. The van der Waals surface area contributed by atoms with Gasteiger partial charge in [0.15, 0.2) is 0 Å². The van der Waals surface area contributed by atoms with E-state index in [4.69, 9.17) is 31.5 Å². The van der Waals surface area contributed by atoms with Crippen LogP contribution >= 0.6 is 11.6 Å². The van der Waals surface area contributed by atoms with Gasteiger partial charge in [0.2, 0.25) is 5.88 Å². The lowest BCUT2D eigenvalue weighted by molar-refractivity contribution is -0.145. The summed E-state index contributed by atoms with van der Waals surface area (Å²) in [6.45, 7) is 3.43. The van der Waals surface area contributed by atoms with Gasteiger partial charge in [-0.3, -0.25) is 14.5 Å². The number of nitrogens with zero attached hydrogens (tertiary/aromatic N) is 2. The summed E-state index contributed by atoms with van der Waals surface area (Å²) in [6.07, 6.45) is 0.336. The van der Waals surface area contributed by atoms with E-state index in [1.54, 1.807) is 14.0 Å². The first-order chi connectivity index (χ1) is 12.9. The number of nitrogens with two attached hydrogens (primary N) is 1. The van der Waals surface area contributed by atoms with Gasteiger partial charge in [0, 0.05) is 20.2 Å². The van der Waals surface area contributed by atoms with E-state index in [0.717, 1.165) is 0 Å². The van der Waals surface area contributed by atoms with E-state index in [-0.39, 0.29) is 52.9 Å². The van der Waals surface area contributed by atoms with Crippen LogP contribution in [-0.2, 0) is 14.3 Å². The molecule has 0 radical (unpaired) electrons. The molecule has 9 nitrogen and oxygen atoms in total. The number of likely N-dealkylation sites (tertiary alicyclic amines) is 1. The number of hydrogen-bond acceptors (Lipinski definition) is 8. The molecule has 2 atom stereocenters. The molecule has 1 fully saturated rings. The Balaban J connectivity index is 2.04. The number of rotatable bonds is 7. The van der Waals surface area contributed by atoms with Gasteiger partial charge in [0.1, 0.15) is 11.4 Å². The van der Waals surface area contributed by atoms with Crippen LogP contribution in [0.4, 0.5) is 5.82 Å². The van der Waals surface area contributed by atoms with Gasteiger partial charge in [-0.15, -0.1) is 0 Å². The summed E-state index contributed by atoms with van der Waals surface area (Å²) in [5.41, 5.74) is 5.85. The zero-order chi connectivity index (χ0) is 20.0. The highest BCUT2D eigenvalue weighted by Gasteiger charge is 2.32. The number of halogens is 1. The predicted molar refractivity (Wildman–Crippen MR) is 100.0 cm³/mol. The van der Waals surface area contributed by atoms with E-state index in [0.29, 0.717) is 26.1 Å². The zero-order valence-corrected chi connectivity index (χ0v) is 16.4. The van der Waals surface area contributed by atoms with Gasteiger partial charge in [-0.2, -0.15) is 4.98 Å². The smallest absolute Gasteiger partial charge is 0.320 e. The summed E-state index contributed by atoms with van der Waals surface area (Å²) in [6, 6.07) is 1.19. The number of piperidine rings is 1. The molecule has 2 heterocycles. The number of hydrogen-bond donors (Lipinski definition) is 2. The van der Waals surface area contributed by atoms with Gasteiger partial charge in [0.05, 0.1) is 37.4 Å². The molecular formula is C17H25ClN4O5. The van der Waals surface area contributed by atoms with Gasteiger partial charge < -0.3 is 25.3 Å². The summed E-state index contributed by atoms with van der Waals surface area (Å²) in [5.74, 6) is -0.468. The molecule has 2 rings (SSSR count). The number of anilines is 1. The number of amides is 1. The van der Waals surface area contributed by atoms with Crippen molar-refractivity contribution in [1.82, 2.24) is 15.2 Å². The minimum absolute atomic E-state index is 0.0899. The van der Waals surface area contributed by atoms with Crippen molar-refractivity contribution in [1.29, 1.82) is 0 Å². The molecule has 0 spiro atoms. The second kappa shape index (κ2) is 9.72. The Bertz CT molecular complexity index is 688. The second-order valence-electron chi connectivity index (χ2n) is 6.10. The highest BCUT2D eigenvalue weighted by atomic mass is 35.5. The molecule has 0 bridgehead atoms. The Morgan fingerprint density at radius 3 is 2.81 bits per heavy atom. The second-order valence-corrected chi connectivity index (χ2v) is 6.50. The molecular weight excluding hydrogens is 376 g/mol. The van der Waals surface area contributed by atoms with E-state index >= 15 is 0 Å². The molecule has 10 heteroatoms. The fourth-order valence-corrected chi connectivity index (χ4v) is 3.12. The summed E-state index contributed by atoms with van der Waals surface area (Å²) < 4.78 is 15.6. The van der Waals surface area contributed by atoms with Gasteiger partial charge in [-0.05, 0) is 19.4 Å². The third-order valence-corrected chi connectivity index (χ3v) is 4.63. The van der Waals surface area contributed by atoms with Crippen molar-refractivity contribution in [2.75, 3.05) is 46.2 Å². The normalized spacial score (nSPS) is 20.1. The predicted octanol–water partition coefficient (Wildman–Crippen LogP) is 0.708. The number of esters is 1. The Morgan fingerprint density at radius 2 is 2.19 bits per heavy atom. The van der Waals surface area contributed by atoms with Crippen molar-refractivity contribution >= 4 is 29.3 Å². The molecule has 0 unspecified atom stereocenters. The van der Waals surface area contributed by atoms with E-state index in [1.165, 1.54) is 13.2 Å². The average Bonchev–Trinajstić information content (AvgIpc) is 2.64. The molecule has 0 aliphatic carbocycles. The number of carbonyl (C=O) groups excluding carboxylic acids is 2. The quantitative estimate of drug-likeness (QED) is 0.643. The highest BCUT2D eigenvalue weighted by Crippen LogP contribution is 2.25. The van der Waals surface area contributed by atoms with E-state index in [1.807, 2.05) is 4.90 Å². The van der Waals surface area contributed by atoms with Crippen molar-refractivity contribution in [2.45, 2.75) is 25.5 Å². The van der Waals surface area contributed by atoms with Crippen molar-refractivity contribution in [3.63, 3.8) is 0 Å². The molecule has 1 aromatic heterocycles. The summed E-state index contributed by atoms with van der Waals surface area (Å²) in [5, 5.41) is 3.10. The maximum absolute atomic E-state index is 12.7. The monoisotopic (exact) mass is 400 g/mol. The van der Waals surface area contributed by atoms with Crippen LogP contribution in [0.25, 0.3) is 0 Å². The number of aromatic nitrogens is 1. The largest absolute Gasteiger partial charge is 0.480 e. The first-order valence-corrected chi connectivity index (χ1v) is 8.99. The maximum Gasteiger partial charge on any atom is 0.320 e. The molecule has 1 aliphatic heterocycles. The summed E-state index contributed by atoms with van der Waals surface area (Å²) in [7, 11) is 2.97. The Morgan fingerprint density at radius 1 is 1.44 bits per heavy atom. The summed E-state index contributed by atoms with van der Waals surface area (Å²) >= 11 is 5.98. The Labute approximate surface area is 163 Å². The fraction of sp³-hybridized carbons (Fsp3) is 0.588. The van der Waals surface area contributed by atoms with Crippen LogP contribution in [0.3, 0.4) is 0 Å². The molecule has 1 aromatic rings. The molecule has 3 N–H and O–H groups in total. The number of nitrogen functional groups attached to an aromatic ring is 1.